The highest BCUT2D eigenvalue weighted by Gasteiger charge is 2.21. The molecule has 0 aliphatic heterocycles. The van der Waals surface area contributed by atoms with Crippen LogP contribution in [-0.4, -0.2) is 25.5 Å². The largest absolute Gasteiger partial charge is 0.508 e. The monoisotopic (exact) mass is 630 g/mol. The van der Waals surface area contributed by atoms with E-state index in [9.17, 15) is 25.5 Å². The Morgan fingerprint density at radius 2 is 0.660 bits per heavy atom. The van der Waals surface area contributed by atoms with Crippen molar-refractivity contribution in [2.24, 2.45) is 0 Å². The van der Waals surface area contributed by atoms with Gasteiger partial charge in [-0.3, -0.25) is 0 Å². The van der Waals surface area contributed by atoms with E-state index in [1.165, 1.54) is 0 Å². The molecule has 5 aromatic rings. The van der Waals surface area contributed by atoms with Crippen molar-refractivity contribution in [3.05, 3.63) is 144 Å². The Labute approximate surface area is 278 Å². The van der Waals surface area contributed by atoms with E-state index in [2.05, 4.69) is 0 Å². The fraction of sp³-hybridized carbons (Fsp3) is 0.286. The summed E-state index contributed by atoms with van der Waals surface area (Å²) in [5.74, 6) is 1.16. The van der Waals surface area contributed by atoms with Gasteiger partial charge in [0.1, 0.15) is 28.7 Å². The van der Waals surface area contributed by atoms with E-state index in [0.717, 1.165) is 89.0 Å². The topological polar surface area (TPSA) is 101 Å². The lowest BCUT2D eigenvalue weighted by atomic mass is 9.85. The van der Waals surface area contributed by atoms with Gasteiger partial charge in [-0.05, 0) is 135 Å². The van der Waals surface area contributed by atoms with Crippen molar-refractivity contribution in [1.82, 2.24) is 0 Å². The van der Waals surface area contributed by atoms with Crippen LogP contribution in [0.2, 0.25) is 0 Å². The van der Waals surface area contributed by atoms with E-state index in [1.807, 2.05) is 97.9 Å². The molecule has 0 heterocycles. The van der Waals surface area contributed by atoms with Crippen LogP contribution < -0.4 is 0 Å². The maximum Gasteiger partial charge on any atom is 0.122 e. The van der Waals surface area contributed by atoms with Crippen molar-refractivity contribution in [1.29, 1.82) is 0 Å². The molecule has 0 amide bonds. The SMILES string of the molecule is Cc1ccc(O)c(Cc2c(C)c(Cc3cc(C)c(O)c(Cc4cc(C)c(O)c(Cc5cc(C)ccc5O)c4C)c3C)cc(C)c2O)c1. The van der Waals surface area contributed by atoms with Gasteiger partial charge in [0, 0.05) is 36.0 Å². The van der Waals surface area contributed by atoms with E-state index >= 15 is 0 Å². The maximum atomic E-state index is 11.4. The summed E-state index contributed by atoms with van der Waals surface area (Å²) in [5.41, 5.74) is 14.4. The molecule has 0 fully saturated rings. The van der Waals surface area contributed by atoms with Crippen molar-refractivity contribution >= 4 is 0 Å². The van der Waals surface area contributed by atoms with Crippen molar-refractivity contribution in [3.63, 3.8) is 0 Å². The number of phenolic OH excluding ortho intramolecular Hbond substituents is 5. The minimum absolute atomic E-state index is 0.202. The number of phenols is 5. The van der Waals surface area contributed by atoms with Crippen LogP contribution in [0.4, 0.5) is 0 Å². The lowest BCUT2D eigenvalue weighted by Crippen LogP contribution is -2.06. The Hall–Kier alpha value is -4.90. The van der Waals surface area contributed by atoms with Gasteiger partial charge in [0.25, 0.3) is 0 Å². The van der Waals surface area contributed by atoms with Crippen molar-refractivity contribution in [2.75, 3.05) is 0 Å². The molecule has 5 nitrogen and oxygen atoms in total. The summed E-state index contributed by atoms with van der Waals surface area (Å²) >= 11 is 0. The molecule has 0 aliphatic carbocycles. The molecule has 0 spiro atoms. The van der Waals surface area contributed by atoms with E-state index in [-0.39, 0.29) is 28.7 Å². The molecule has 5 rings (SSSR count). The quantitative estimate of drug-likeness (QED) is 0.118. The molecule has 0 aliphatic rings. The molecular formula is C42H46O5. The normalized spacial score (nSPS) is 11.3. The number of hydrogen-bond donors (Lipinski definition) is 5. The molecular weight excluding hydrogens is 584 g/mol. The molecule has 0 atom stereocenters. The zero-order valence-corrected chi connectivity index (χ0v) is 28.8. The Morgan fingerprint density at radius 1 is 0.362 bits per heavy atom. The Balaban J connectivity index is 1.54. The lowest BCUT2D eigenvalue weighted by molar-refractivity contribution is 0.458. The van der Waals surface area contributed by atoms with E-state index < -0.39 is 0 Å². The standard InChI is InChI=1S/C42H46O5/c1-22-9-11-38(43)33(13-22)20-36-28(7)31(16-25(4)41(36)46)18-30-15-24(3)40(45)35(27(30)6)19-32-17-26(5)42(47)37(29(32)8)21-34-14-23(2)10-12-39(34)44/h9-17,43-47H,18-21H2,1-8H3. The second kappa shape index (κ2) is 13.1. The number of aryl methyl sites for hydroxylation is 5. The first-order valence-electron chi connectivity index (χ1n) is 16.2. The van der Waals surface area contributed by atoms with Gasteiger partial charge < -0.3 is 25.5 Å². The molecule has 5 aromatic carbocycles. The third-order valence-corrected chi connectivity index (χ3v) is 9.91. The predicted molar refractivity (Wildman–Crippen MR) is 190 cm³/mol. The van der Waals surface area contributed by atoms with Crippen LogP contribution in [0.3, 0.4) is 0 Å². The van der Waals surface area contributed by atoms with Gasteiger partial charge in [-0.25, -0.2) is 0 Å². The second-order valence-electron chi connectivity index (χ2n) is 13.4. The first-order valence-corrected chi connectivity index (χ1v) is 16.2. The van der Waals surface area contributed by atoms with Crippen LogP contribution in [-0.2, 0) is 25.7 Å². The molecule has 0 radical (unpaired) electrons. The maximum absolute atomic E-state index is 11.4. The Bertz CT molecular complexity index is 2020. The summed E-state index contributed by atoms with van der Waals surface area (Å²) in [7, 11) is 0. The molecule has 244 valence electrons. The van der Waals surface area contributed by atoms with Crippen molar-refractivity contribution in [2.45, 2.75) is 81.1 Å². The van der Waals surface area contributed by atoms with Gasteiger partial charge in [0.2, 0.25) is 0 Å². The predicted octanol–water partition coefficient (Wildman–Crippen LogP) is 9.05. The number of aromatic hydroxyl groups is 5. The smallest absolute Gasteiger partial charge is 0.122 e. The summed E-state index contributed by atoms with van der Waals surface area (Å²) in [5, 5.41) is 54.6. The Kier molecular flexibility index (Phi) is 9.31. The van der Waals surface area contributed by atoms with Crippen LogP contribution in [0.25, 0.3) is 0 Å². The first kappa shape index (κ1) is 33.5. The van der Waals surface area contributed by atoms with Gasteiger partial charge in [-0.15, -0.1) is 0 Å². The molecule has 5 heteroatoms. The zero-order chi connectivity index (χ0) is 34.3. The van der Waals surface area contributed by atoms with Crippen LogP contribution >= 0.6 is 0 Å². The summed E-state index contributed by atoms with van der Waals surface area (Å²) in [6, 6.07) is 17.1. The van der Waals surface area contributed by atoms with E-state index in [1.54, 1.807) is 12.1 Å². The molecule has 0 saturated carbocycles. The van der Waals surface area contributed by atoms with Gasteiger partial charge in [0.15, 0.2) is 0 Å². The van der Waals surface area contributed by atoms with Crippen LogP contribution in [0.5, 0.6) is 28.7 Å². The average molecular weight is 631 g/mol. The van der Waals surface area contributed by atoms with Gasteiger partial charge >= 0.3 is 0 Å². The fourth-order valence-electron chi connectivity index (χ4n) is 6.83. The summed E-state index contributed by atoms with van der Waals surface area (Å²) < 4.78 is 0. The van der Waals surface area contributed by atoms with Crippen LogP contribution in [0.15, 0.2) is 54.6 Å². The first-order chi connectivity index (χ1) is 22.2. The number of benzene rings is 5. The highest BCUT2D eigenvalue weighted by Crippen LogP contribution is 2.38. The molecule has 47 heavy (non-hydrogen) atoms. The second-order valence-corrected chi connectivity index (χ2v) is 13.4. The van der Waals surface area contributed by atoms with Crippen molar-refractivity contribution in [3.8, 4) is 28.7 Å². The summed E-state index contributed by atoms with van der Waals surface area (Å²) in [6.45, 7) is 15.7. The molecule has 5 N–H and O–H groups in total. The summed E-state index contributed by atoms with van der Waals surface area (Å²) in [6.07, 6.45) is 1.91. The Morgan fingerprint density at radius 3 is 1.00 bits per heavy atom. The highest BCUT2D eigenvalue weighted by molar-refractivity contribution is 5.58. The van der Waals surface area contributed by atoms with Crippen LogP contribution in [0.1, 0.15) is 89.0 Å². The van der Waals surface area contributed by atoms with Gasteiger partial charge in [0.05, 0.1) is 0 Å². The zero-order valence-electron chi connectivity index (χ0n) is 28.8. The molecule has 0 saturated heterocycles. The minimum Gasteiger partial charge on any atom is -0.508 e. The molecule has 0 unspecified atom stereocenters. The minimum atomic E-state index is 0.202. The molecule has 0 bridgehead atoms. The summed E-state index contributed by atoms with van der Waals surface area (Å²) in [4.78, 5) is 0. The third-order valence-electron chi connectivity index (χ3n) is 9.91. The fourth-order valence-corrected chi connectivity index (χ4v) is 6.83. The average Bonchev–Trinajstić information content (AvgIpc) is 3.02. The highest BCUT2D eigenvalue weighted by atomic mass is 16.3. The molecule has 0 aromatic heterocycles. The number of hydrogen-bond acceptors (Lipinski definition) is 5. The van der Waals surface area contributed by atoms with Gasteiger partial charge in [-0.1, -0.05) is 53.6 Å². The lowest BCUT2D eigenvalue weighted by Gasteiger charge is -2.21. The van der Waals surface area contributed by atoms with Crippen molar-refractivity contribution < 1.29 is 25.5 Å². The van der Waals surface area contributed by atoms with Crippen LogP contribution in [0, 0.1) is 55.4 Å². The van der Waals surface area contributed by atoms with E-state index in [0.29, 0.717) is 25.7 Å². The number of rotatable bonds is 8. The van der Waals surface area contributed by atoms with E-state index in [4.69, 9.17) is 0 Å². The van der Waals surface area contributed by atoms with Gasteiger partial charge in [-0.2, -0.15) is 0 Å². The third kappa shape index (κ3) is 6.66.